The molecule has 2 aliphatic rings. The first kappa shape index (κ1) is 21.0. The zero-order chi connectivity index (χ0) is 20.9. The number of anilines is 1. The van der Waals surface area contributed by atoms with E-state index in [-0.39, 0.29) is 24.3 Å². The number of nitrogens with zero attached hydrogens (tertiary/aromatic N) is 2. The number of ether oxygens (including phenoxy) is 1. The molecule has 1 N–H and O–H groups in total. The van der Waals surface area contributed by atoms with Crippen molar-refractivity contribution in [3.05, 3.63) is 65.5 Å². The Balaban J connectivity index is 1.34. The Morgan fingerprint density at radius 1 is 1.17 bits per heavy atom. The fraction of sp³-hybridized carbons (Fsp3) is 0.458. The summed E-state index contributed by atoms with van der Waals surface area (Å²) in [4.78, 5) is 17.2. The molecule has 0 bridgehead atoms. The summed E-state index contributed by atoms with van der Waals surface area (Å²) in [7, 11) is 0. The van der Waals surface area contributed by atoms with Crippen molar-refractivity contribution in [1.82, 2.24) is 9.80 Å². The molecule has 1 saturated carbocycles. The number of hydrogen-bond acceptors (Lipinski definition) is 4. The van der Waals surface area contributed by atoms with Crippen LogP contribution in [0.25, 0.3) is 0 Å². The van der Waals surface area contributed by atoms with Crippen molar-refractivity contribution in [2.24, 2.45) is 0 Å². The second kappa shape index (κ2) is 9.69. The predicted molar refractivity (Wildman–Crippen MR) is 116 cm³/mol. The lowest BCUT2D eigenvalue weighted by molar-refractivity contribution is -0.118. The number of benzene rings is 2. The molecule has 1 amide bonds. The Labute approximate surface area is 177 Å². The molecule has 0 radical (unpaired) electrons. The average molecular weight is 412 g/mol. The van der Waals surface area contributed by atoms with Crippen LogP contribution in [0.3, 0.4) is 0 Å². The highest BCUT2D eigenvalue weighted by atomic mass is 19.1. The largest absolute Gasteiger partial charge is 0.379 e. The lowest BCUT2D eigenvalue weighted by atomic mass is 10.1. The Hall–Kier alpha value is -2.28. The molecule has 2 fully saturated rings. The summed E-state index contributed by atoms with van der Waals surface area (Å²) in [5.41, 5.74) is 2.66. The van der Waals surface area contributed by atoms with Gasteiger partial charge >= 0.3 is 0 Å². The van der Waals surface area contributed by atoms with Crippen LogP contribution in [0.2, 0.25) is 0 Å². The van der Waals surface area contributed by atoms with Crippen LogP contribution in [0, 0.1) is 5.82 Å². The van der Waals surface area contributed by atoms with Gasteiger partial charge in [0.2, 0.25) is 5.91 Å². The number of carbonyl (C=O) groups excluding carboxylic acids is 1. The van der Waals surface area contributed by atoms with Crippen molar-refractivity contribution in [3.8, 4) is 0 Å². The normalized spacial score (nSPS) is 18.4. The van der Waals surface area contributed by atoms with E-state index in [0.29, 0.717) is 11.6 Å². The number of carbonyl (C=O) groups is 1. The second-order valence-corrected chi connectivity index (χ2v) is 8.23. The van der Waals surface area contributed by atoms with Gasteiger partial charge in [-0.1, -0.05) is 30.3 Å². The zero-order valence-corrected chi connectivity index (χ0v) is 17.5. The minimum Gasteiger partial charge on any atom is -0.379 e. The van der Waals surface area contributed by atoms with E-state index in [0.717, 1.165) is 51.4 Å². The van der Waals surface area contributed by atoms with E-state index < -0.39 is 0 Å². The molecule has 2 aromatic rings. The van der Waals surface area contributed by atoms with E-state index in [4.69, 9.17) is 4.74 Å². The van der Waals surface area contributed by atoms with E-state index in [9.17, 15) is 9.18 Å². The maximum absolute atomic E-state index is 14.2. The van der Waals surface area contributed by atoms with Crippen molar-refractivity contribution < 1.29 is 13.9 Å². The third-order valence-corrected chi connectivity index (χ3v) is 5.94. The Morgan fingerprint density at radius 3 is 2.53 bits per heavy atom. The molecule has 1 aliphatic heterocycles. The van der Waals surface area contributed by atoms with E-state index in [1.165, 1.54) is 11.6 Å². The molecule has 0 spiro atoms. The van der Waals surface area contributed by atoms with Crippen LogP contribution in [-0.2, 0) is 16.1 Å². The van der Waals surface area contributed by atoms with Gasteiger partial charge in [-0.2, -0.15) is 0 Å². The summed E-state index contributed by atoms with van der Waals surface area (Å²) < 4.78 is 19.6. The molecule has 1 heterocycles. The smallest absolute Gasteiger partial charge is 0.238 e. The van der Waals surface area contributed by atoms with E-state index in [1.54, 1.807) is 12.1 Å². The summed E-state index contributed by atoms with van der Waals surface area (Å²) in [5, 5.41) is 3.00. The van der Waals surface area contributed by atoms with Gasteiger partial charge < -0.3 is 10.1 Å². The standard InChI is InChI=1S/C24H30FN3O2/c1-18(22-4-2-3-5-23(22)25)28(21-10-11-21)17-24(29)26-20-8-6-19(7-9-20)16-27-12-14-30-15-13-27/h2-9,18,21H,10-17H2,1H3,(H,26,29). The summed E-state index contributed by atoms with van der Waals surface area (Å²) >= 11 is 0. The zero-order valence-electron chi connectivity index (χ0n) is 17.5. The van der Waals surface area contributed by atoms with Crippen LogP contribution < -0.4 is 5.32 Å². The third-order valence-electron chi connectivity index (χ3n) is 5.94. The predicted octanol–water partition coefficient (Wildman–Crippen LogP) is 3.82. The van der Waals surface area contributed by atoms with Crippen molar-refractivity contribution >= 4 is 11.6 Å². The highest BCUT2D eigenvalue weighted by molar-refractivity contribution is 5.92. The Kier molecular flexibility index (Phi) is 6.77. The Morgan fingerprint density at radius 2 is 1.87 bits per heavy atom. The van der Waals surface area contributed by atoms with Crippen LogP contribution >= 0.6 is 0 Å². The van der Waals surface area contributed by atoms with Crippen LogP contribution in [0.4, 0.5) is 10.1 Å². The molecule has 4 rings (SSSR count). The van der Waals surface area contributed by atoms with Crippen LogP contribution in [-0.4, -0.2) is 54.6 Å². The molecule has 1 atom stereocenters. The van der Waals surface area contributed by atoms with E-state index >= 15 is 0 Å². The first-order valence-corrected chi connectivity index (χ1v) is 10.8. The van der Waals surface area contributed by atoms with Crippen molar-refractivity contribution in [1.29, 1.82) is 0 Å². The number of rotatable bonds is 8. The molecule has 30 heavy (non-hydrogen) atoms. The molecular weight excluding hydrogens is 381 g/mol. The first-order chi connectivity index (χ1) is 14.6. The van der Waals surface area contributed by atoms with Crippen molar-refractivity contribution in [2.45, 2.75) is 38.4 Å². The minimum absolute atomic E-state index is 0.0639. The van der Waals surface area contributed by atoms with Crippen LogP contribution in [0.15, 0.2) is 48.5 Å². The summed E-state index contributed by atoms with van der Waals surface area (Å²) in [6.07, 6.45) is 2.12. The lowest BCUT2D eigenvalue weighted by Crippen LogP contribution is -2.37. The number of hydrogen-bond donors (Lipinski definition) is 1. The highest BCUT2D eigenvalue weighted by Crippen LogP contribution is 2.34. The van der Waals surface area contributed by atoms with Gasteiger partial charge in [0.05, 0.1) is 19.8 Å². The van der Waals surface area contributed by atoms with Crippen molar-refractivity contribution in [2.75, 3.05) is 38.2 Å². The number of halogens is 1. The number of nitrogens with one attached hydrogen (secondary N) is 1. The van der Waals surface area contributed by atoms with Crippen molar-refractivity contribution in [3.63, 3.8) is 0 Å². The number of amides is 1. The van der Waals surface area contributed by atoms with Crippen LogP contribution in [0.5, 0.6) is 0 Å². The van der Waals surface area contributed by atoms with Gasteiger partial charge in [-0.3, -0.25) is 14.6 Å². The SMILES string of the molecule is CC(c1ccccc1F)N(CC(=O)Nc1ccc(CN2CCOCC2)cc1)C1CC1. The van der Waals surface area contributed by atoms with Gasteiger partial charge in [0.1, 0.15) is 5.82 Å². The van der Waals surface area contributed by atoms with Gasteiger partial charge in [-0.05, 0) is 43.5 Å². The van der Waals surface area contributed by atoms with E-state index in [1.807, 2.05) is 25.1 Å². The maximum atomic E-state index is 14.2. The minimum atomic E-state index is -0.216. The quantitative estimate of drug-likeness (QED) is 0.717. The molecule has 2 aromatic carbocycles. The average Bonchev–Trinajstić information content (AvgIpc) is 3.59. The molecule has 160 valence electrons. The summed E-state index contributed by atoms with van der Waals surface area (Å²) in [5.74, 6) is -0.280. The first-order valence-electron chi connectivity index (χ1n) is 10.8. The van der Waals surface area contributed by atoms with E-state index in [2.05, 4.69) is 27.2 Å². The maximum Gasteiger partial charge on any atom is 0.238 e. The van der Waals surface area contributed by atoms with Gasteiger partial charge in [-0.25, -0.2) is 4.39 Å². The molecular formula is C24H30FN3O2. The molecule has 0 aromatic heterocycles. The van der Waals surface area contributed by atoms with Gasteiger partial charge in [-0.15, -0.1) is 0 Å². The molecule has 1 unspecified atom stereocenters. The van der Waals surface area contributed by atoms with Crippen LogP contribution in [0.1, 0.15) is 36.9 Å². The topological polar surface area (TPSA) is 44.8 Å². The van der Waals surface area contributed by atoms with Gasteiger partial charge in [0.25, 0.3) is 0 Å². The third kappa shape index (κ3) is 5.45. The summed E-state index contributed by atoms with van der Waals surface area (Å²) in [6.45, 7) is 6.62. The molecule has 1 saturated heterocycles. The fourth-order valence-electron chi connectivity index (χ4n) is 4.06. The molecule has 6 heteroatoms. The van der Waals surface area contributed by atoms with Gasteiger partial charge in [0, 0.05) is 43.0 Å². The monoisotopic (exact) mass is 411 g/mol. The molecule has 1 aliphatic carbocycles. The van der Waals surface area contributed by atoms with Gasteiger partial charge in [0.15, 0.2) is 0 Å². The second-order valence-electron chi connectivity index (χ2n) is 8.23. The summed E-state index contributed by atoms with van der Waals surface area (Å²) in [6, 6.07) is 15.1. The lowest BCUT2D eigenvalue weighted by Gasteiger charge is -2.29. The fourth-order valence-corrected chi connectivity index (χ4v) is 4.06. The molecule has 5 nitrogen and oxygen atoms in total. The highest BCUT2D eigenvalue weighted by Gasteiger charge is 2.34. The number of morpholine rings is 1. The Bertz CT molecular complexity index is 848.